The van der Waals surface area contributed by atoms with E-state index in [0.29, 0.717) is 5.56 Å². The molecule has 5 nitrogen and oxygen atoms in total. The van der Waals surface area contributed by atoms with Gasteiger partial charge in [0.25, 0.3) is 5.91 Å². The summed E-state index contributed by atoms with van der Waals surface area (Å²) in [6.45, 7) is 2.93. The number of hydrazine groups is 1. The molecule has 0 aliphatic heterocycles. The van der Waals surface area contributed by atoms with Gasteiger partial charge in [-0.3, -0.25) is 10.2 Å². The van der Waals surface area contributed by atoms with Crippen LogP contribution in [0.2, 0.25) is 0 Å². The van der Waals surface area contributed by atoms with E-state index >= 15 is 0 Å². The first kappa shape index (κ1) is 12.4. The number of aromatic nitrogens is 1. The molecule has 2 N–H and O–H groups in total. The number of amides is 1. The Balaban J connectivity index is 2.69. The van der Waals surface area contributed by atoms with Crippen molar-refractivity contribution in [2.24, 2.45) is 0 Å². The molecule has 1 amide bonds. The van der Waals surface area contributed by atoms with Gasteiger partial charge in [0.2, 0.25) is 0 Å². The smallest absolute Gasteiger partial charge is 0.265 e. The van der Waals surface area contributed by atoms with Crippen LogP contribution in [0, 0.1) is 0 Å². The molecule has 0 aliphatic rings. The lowest BCUT2D eigenvalue weighted by atomic mass is 10.2. The van der Waals surface area contributed by atoms with Gasteiger partial charge in [0.05, 0.1) is 0 Å². The number of nitrogens with zero attached hydrogens (tertiary/aromatic N) is 2. The van der Waals surface area contributed by atoms with Crippen LogP contribution >= 0.6 is 0 Å². The van der Waals surface area contributed by atoms with Crippen molar-refractivity contribution in [3.05, 3.63) is 23.9 Å². The van der Waals surface area contributed by atoms with Crippen LogP contribution in [-0.4, -0.2) is 36.5 Å². The molecule has 0 bridgehead atoms. The summed E-state index contributed by atoms with van der Waals surface area (Å²) >= 11 is 0. The summed E-state index contributed by atoms with van der Waals surface area (Å²) in [6.07, 6.45) is 2.65. The standard InChI is InChI=1S/C11H18N4O/c1-4-6-12-10-8-9(5-7-13-10)11(16)14-15(2)3/h5,7-8H,4,6H2,1-3H3,(H,12,13)(H,14,16). The Labute approximate surface area is 95.8 Å². The van der Waals surface area contributed by atoms with E-state index in [2.05, 4.69) is 22.7 Å². The number of pyridine rings is 1. The van der Waals surface area contributed by atoms with E-state index in [1.54, 1.807) is 37.4 Å². The predicted molar refractivity (Wildman–Crippen MR) is 64.2 cm³/mol. The summed E-state index contributed by atoms with van der Waals surface area (Å²) < 4.78 is 0. The summed E-state index contributed by atoms with van der Waals surface area (Å²) in [4.78, 5) is 15.8. The maximum Gasteiger partial charge on any atom is 0.265 e. The monoisotopic (exact) mass is 222 g/mol. The van der Waals surface area contributed by atoms with E-state index in [0.717, 1.165) is 18.8 Å². The van der Waals surface area contributed by atoms with E-state index in [-0.39, 0.29) is 5.91 Å². The van der Waals surface area contributed by atoms with Crippen LogP contribution in [0.1, 0.15) is 23.7 Å². The molecule has 0 aliphatic carbocycles. The third-order valence-electron chi connectivity index (χ3n) is 1.90. The van der Waals surface area contributed by atoms with Crippen LogP contribution in [0.3, 0.4) is 0 Å². The van der Waals surface area contributed by atoms with Gasteiger partial charge < -0.3 is 5.32 Å². The van der Waals surface area contributed by atoms with E-state index in [1.165, 1.54) is 0 Å². The van der Waals surface area contributed by atoms with Gasteiger partial charge in [-0.25, -0.2) is 9.99 Å². The van der Waals surface area contributed by atoms with Crippen LogP contribution in [0.5, 0.6) is 0 Å². The Bertz CT molecular complexity index is 352. The van der Waals surface area contributed by atoms with E-state index in [4.69, 9.17) is 0 Å². The Hall–Kier alpha value is -1.62. The minimum absolute atomic E-state index is 0.132. The van der Waals surface area contributed by atoms with E-state index in [1.807, 2.05) is 0 Å². The molecule has 0 saturated carbocycles. The number of carbonyl (C=O) groups is 1. The van der Waals surface area contributed by atoms with Crippen LogP contribution in [0.15, 0.2) is 18.3 Å². The molecule has 1 aromatic heterocycles. The molecule has 0 unspecified atom stereocenters. The quantitative estimate of drug-likeness (QED) is 0.733. The molecular formula is C11H18N4O. The van der Waals surface area contributed by atoms with Crippen molar-refractivity contribution in [3.63, 3.8) is 0 Å². The van der Waals surface area contributed by atoms with Gasteiger partial charge in [0.1, 0.15) is 5.82 Å². The zero-order valence-electron chi connectivity index (χ0n) is 9.95. The summed E-state index contributed by atoms with van der Waals surface area (Å²) in [5.74, 6) is 0.597. The molecule has 0 atom stereocenters. The average molecular weight is 222 g/mol. The summed E-state index contributed by atoms with van der Waals surface area (Å²) in [7, 11) is 3.55. The maximum atomic E-state index is 11.7. The highest BCUT2D eigenvalue weighted by Crippen LogP contribution is 2.06. The molecule has 1 heterocycles. The highest BCUT2D eigenvalue weighted by molar-refractivity contribution is 5.94. The number of rotatable bonds is 5. The second kappa shape index (κ2) is 6.07. The molecule has 0 saturated heterocycles. The third kappa shape index (κ3) is 3.86. The van der Waals surface area contributed by atoms with Crippen molar-refractivity contribution in [1.29, 1.82) is 0 Å². The third-order valence-corrected chi connectivity index (χ3v) is 1.90. The fourth-order valence-electron chi connectivity index (χ4n) is 1.19. The van der Waals surface area contributed by atoms with Crippen LogP contribution in [0.4, 0.5) is 5.82 Å². The van der Waals surface area contributed by atoms with Crippen molar-refractivity contribution in [3.8, 4) is 0 Å². The van der Waals surface area contributed by atoms with E-state index < -0.39 is 0 Å². The molecule has 1 aromatic rings. The number of anilines is 1. The molecule has 16 heavy (non-hydrogen) atoms. The second-order valence-corrected chi connectivity index (χ2v) is 3.69. The van der Waals surface area contributed by atoms with Gasteiger partial charge in [-0.05, 0) is 18.6 Å². The van der Waals surface area contributed by atoms with Crippen molar-refractivity contribution in [2.75, 3.05) is 26.0 Å². The van der Waals surface area contributed by atoms with Gasteiger partial charge in [0, 0.05) is 32.4 Å². The normalized spacial score (nSPS) is 10.2. The summed E-state index contributed by atoms with van der Waals surface area (Å²) in [5, 5.41) is 4.75. The lowest BCUT2D eigenvalue weighted by molar-refractivity contribution is 0.0857. The first-order chi connectivity index (χ1) is 7.63. The topological polar surface area (TPSA) is 57.3 Å². The number of hydrogen-bond donors (Lipinski definition) is 2. The molecule has 1 rings (SSSR count). The lowest BCUT2D eigenvalue weighted by Gasteiger charge is -2.12. The molecular weight excluding hydrogens is 204 g/mol. The summed E-state index contributed by atoms with van der Waals surface area (Å²) in [5.41, 5.74) is 3.28. The fraction of sp³-hybridized carbons (Fsp3) is 0.455. The van der Waals surface area contributed by atoms with Crippen molar-refractivity contribution in [2.45, 2.75) is 13.3 Å². The lowest BCUT2D eigenvalue weighted by Crippen LogP contribution is -2.36. The van der Waals surface area contributed by atoms with Gasteiger partial charge in [-0.2, -0.15) is 0 Å². The molecule has 0 radical (unpaired) electrons. The van der Waals surface area contributed by atoms with Crippen LogP contribution in [0.25, 0.3) is 0 Å². The average Bonchev–Trinajstić information content (AvgIpc) is 2.26. The van der Waals surface area contributed by atoms with Crippen LogP contribution in [-0.2, 0) is 0 Å². The molecule has 0 aromatic carbocycles. The SMILES string of the molecule is CCCNc1cc(C(=O)NN(C)C)ccn1. The molecule has 5 heteroatoms. The van der Waals surface area contributed by atoms with Crippen molar-refractivity contribution in [1.82, 2.24) is 15.4 Å². The largest absolute Gasteiger partial charge is 0.370 e. The van der Waals surface area contributed by atoms with Crippen molar-refractivity contribution >= 4 is 11.7 Å². The molecule has 88 valence electrons. The number of nitrogens with one attached hydrogen (secondary N) is 2. The Morgan fingerprint density at radius 1 is 1.50 bits per heavy atom. The Morgan fingerprint density at radius 2 is 2.25 bits per heavy atom. The maximum absolute atomic E-state index is 11.7. The second-order valence-electron chi connectivity index (χ2n) is 3.69. The minimum atomic E-state index is -0.132. The van der Waals surface area contributed by atoms with Gasteiger partial charge in [-0.1, -0.05) is 6.92 Å². The van der Waals surface area contributed by atoms with E-state index in [9.17, 15) is 4.79 Å². The summed E-state index contributed by atoms with van der Waals surface area (Å²) in [6, 6.07) is 3.43. The van der Waals surface area contributed by atoms with Gasteiger partial charge in [0.15, 0.2) is 0 Å². The first-order valence-corrected chi connectivity index (χ1v) is 5.31. The highest BCUT2D eigenvalue weighted by atomic mass is 16.2. The van der Waals surface area contributed by atoms with Gasteiger partial charge in [-0.15, -0.1) is 0 Å². The minimum Gasteiger partial charge on any atom is -0.370 e. The van der Waals surface area contributed by atoms with Crippen molar-refractivity contribution < 1.29 is 4.79 Å². The highest BCUT2D eigenvalue weighted by Gasteiger charge is 2.06. The molecule has 0 fully saturated rings. The number of carbonyl (C=O) groups excluding carboxylic acids is 1. The number of hydrogen-bond acceptors (Lipinski definition) is 4. The fourth-order valence-corrected chi connectivity index (χ4v) is 1.19. The zero-order valence-corrected chi connectivity index (χ0v) is 9.95. The molecule has 0 spiro atoms. The Kier molecular flexibility index (Phi) is 4.72. The van der Waals surface area contributed by atoms with Gasteiger partial charge >= 0.3 is 0 Å². The van der Waals surface area contributed by atoms with Crippen LogP contribution < -0.4 is 10.7 Å². The predicted octanol–water partition coefficient (Wildman–Crippen LogP) is 1.11. The first-order valence-electron chi connectivity index (χ1n) is 5.31. The Morgan fingerprint density at radius 3 is 2.88 bits per heavy atom. The zero-order chi connectivity index (χ0) is 12.0.